The fourth-order valence-corrected chi connectivity index (χ4v) is 2.84. The first kappa shape index (κ1) is 18.6. The number of fused-ring (bicyclic) bond motifs is 1. The van der Waals surface area contributed by atoms with Crippen molar-refractivity contribution >= 4 is 23.0 Å². The molecule has 1 fully saturated rings. The third-order valence-corrected chi connectivity index (χ3v) is 4.66. The Balaban J connectivity index is 1.98. The van der Waals surface area contributed by atoms with Gasteiger partial charge in [-0.1, -0.05) is 0 Å². The lowest BCUT2D eigenvalue weighted by Crippen LogP contribution is -2.30. The molecule has 0 bridgehead atoms. The van der Waals surface area contributed by atoms with Crippen LogP contribution in [-0.4, -0.2) is 33.2 Å². The number of rotatable bonds is 5. The number of hydrogen-bond acceptors (Lipinski definition) is 4. The van der Waals surface area contributed by atoms with E-state index in [9.17, 15) is 18.0 Å². The van der Waals surface area contributed by atoms with E-state index in [0.717, 1.165) is 25.3 Å². The maximum Gasteiger partial charge on any atom is 0.433 e. The van der Waals surface area contributed by atoms with E-state index in [4.69, 9.17) is 4.74 Å². The summed E-state index contributed by atoms with van der Waals surface area (Å²) >= 11 is 0. The van der Waals surface area contributed by atoms with Gasteiger partial charge >= 0.3 is 6.18 Å². The zero-order chi connectivity index (χ0) is 19.1. The van der Waals surface area contributed by atoms with E-state index >= 15 is 0 Å². The highest BCUT2D eigenvalue weighted by Crippen LogP contribution is 2.38. The van der Waals surface area contributed by atoms with Crippen LogP contribution >= 0.6 is 0 Å². The van der Waals surface area contributed by atoms with Crippen molar-refractivity contribution in [2.45, 2.75) is 57.3 Å². The van der Waals surface area contributed by atoms with Gasteiger partial charge in [-0.05, 0) is 45.2 Å². The molecular formula is C17H21F3N4O2. The van der Waals surface area contributed by atoms with Crippen LogP contribution in [0.1, 0.15) is 51.3 Å². The summed E-state index contributed by atoms with van der Waals surface area (Å²) in [5.41, 5.74) is -1.15. The number of aromatic nitrogens is 3. The van der Waals surface area contributed by atoms with Gasteiger partial charge in [-0.2, -0.15) is 13.2 Å². The summed E-state index contributed by atoms with van der Waals surface area (Å²) in [4.78, 5) is 20.4. The maximum absolute atomic E-state index is 13.0. The highest BCUT2D eigenvalue weighted by molar-refractivity contribution is 5.91. The molecule has 2 aromatic rings. The van der Waals surface area contributed by atoms with E-state index in [-0.39, 0.29) is 30.0 Å². The summed E-state index contributed by atoms with van der Waals surface area (Å²) in [6.07, 6.45) is -1.83. The highest BCUT2D eigenvalue weighted by Gasteiger charge is 2.34. The van der Waals surface area contributed by atoms with Crippen molar-refractivity contribution in [3.8, 4) is 0 Å². The first-order valence-electron chi connectivity index (χ1n) is 8.42. The molecule has 1 aliphatic rings. The van der Waals surface area contributed by atoms with Crippen molar-refractivity contribution in [1.82, 2.24) is 14.5 Å². The van der Waals surface area contributed by atoms with Crippen molar-refractivity contribution in [1.29, 1.82) is 0 Å². The third-order valence-electron chi connectivity index (χ3n) is 4.66. The third kappa shape index (κ3) is 3.67. The van der Waals surface area contributed by atoms with Crippen molar-refractivity contribution in [2.75, 3.05) is 12.4 Å². The van der Waals surface area contributed by atoms with Crippen LogP contribution < -0.4 is 5.32 Å². The Bertz CT molecular complexity index is 825. The summed E-state index contributed by atoms with van der Waals surface area (Å²) in [6.45, 7) is 3.55. The largest absolute Gasteiger partial charge is 0.433 e. The van der Waals surface area contributed by atoms with Gasteiger partial charge in [0.25, 0.3) is 0 Å². The van der Waals surface area contributed by atoms with Crippen LogP contribution in [0.4, 0.5) is 19.1 Å². The summed E-state index contributed by atoms with van der Waals surface area (Å²) in [7, 11) is 1.51. The number of carbonyl (C=O) groups is 1. The lowest BCUT2D eigenvalue weighted by atomic mass is 9.93. The van der Waals surface area contributed by atoms with Gasteiger partial charge in [-0.25, -0.2) is 9.97 Å². The summed E-state index contributed by atoms with van der Waals surface area (Å²) < 4.78 is 45.9. The monoisotopic (exact) mass is 370 g/mol. The second-order valence-corrected chi connectivity index (χ2v) is 7.12. The number of nitrogens with one attached hydrogen (secondary N) is 1. The van der Waals surface area contributed by atoms with Gasteiger partial charge in [-0.15, -0.1) is 0 Å². The van der Waals surface area contributed by atoms with E-state index in [1.807, 2.05) is 0 Å². The zero-order valence-corrected chi connectivity index (χ0v) is 14.9. The Morgan fingerprint density at radius 1 is 1.31 bits per heavy atom. The molecule has 1 amide bonds. The topological polar surface area (TPSA) is 69.0 Å². The number of pyridine rings is 1. The molecule has 9 heteroatoms. The van der Waals surface area contributed by atoms with Crippen LogP contribution in [0, 0.1) is 0 Å². The van der Waals surface area contributed by atoms with Crippen LogP contribution in [0.3, 0.4) is 0 Å². The molecule has 0 saturated heterocycles. The van der Waals surface area contributed by atoms with Gasteiger partial charge in [-0.3, -0.25) is 14.7 Å². The molecule has 3 rings (SSSR count). The quantitative estimate of drug-likeness (QED) is 0.866. The lowest BCUT2D eigenvalue weighted by Gasteiger charge is -2.29. The number of hydrogen-bond donors (Lipinski definition) is 1. The number of amides is 1. The molecule has 2 heterocycles. The number of methoxy groups -OCH3 is 1. The van der Waals surface area contributed by atoms with Crippen LogP contribution in [0.15, 0.2) is 12.1 Å². The maximum atomic E-state index is 13.0. The van der Waals surface area contributed by atoms with Crippen LogP contribution in [0.5, 0.6) is 0 Å². The number of nitrogens with zero attached hydrogens (tertiary/aromatic N) is 3. The molecule has 6 nitrogen and oxygen atoms in total. The molecule has 0 radical (unpaired) electrons. The summed E-state index contributed by atoms with van der Waals surface area (Å²) in [6, 6.07) is 2.18. The van der Waals surface area contributed by atoms with Crippen LogP contribution in [0.25, 0.3) is 11.2 Å². The van der Waals surface area contributed by atoms with Gasteiger partial charge in [0, 0.05) is 13.2 Å². The SMILES string of the molecule is COC(C)(C)CC(=O)Nc1nc2ccc(C(F)(F)F)nc2n1C1CCC1. The predicted molar refractivity (Wildman–Crippen MR) is 89.8 cm³/mol. The smallest absolute Gasteiger partial charge is 0.378 e. The standard InChI is InChI=1S/C17H21F3N4O2/c1-16(2,26-3)9-13(25)23-15-21-11-7-8-12(17(18,19)20)22-14(11)24(15)10-5-4-6-10/h7-8,10H,4-6,9H2,1-3H3,(H,21,23,25). The van der Waals surface area contributed by atoms with Crippen LogP contribution in [-0.2, 0) is 15.7 Å². The Labute approximate surface area is 148 Å². The Hall–Kier alpha value is -2.16. The van der Waals surface area contributed by atoms with Crippen molar-refractivity contribution in [3.05, 3.63) is 17.8 Å². The normalized spacial score (nSPS) is 15.9. The minimum atomic E-state index is -4.53. The Morgan fingerprint density at radius 3 is 2.54 bits per heavy atom. The second kappa shape index (κ2) is 6.53. The van der Waals surface area contributed by atoms with Crippen LogP contribution in [0.2, 0.25) is 0 Å². The molecule has 2 aromatic heterocycles. The first-order chi connectivity index (χ1) is 12.1. The fraction of sp³-hybridized carbons (Fsp3) is 0.588. The van der Waals surface area contributed by atoms with Gasteiger partial charge in [0.15, 0.2) is 5.65 Å². The van der Waals surface area contributed by atoms with Gasteiger partial charge in [0.1, 0.15) is 11.2 Å². The molecule has 1 saturated carbocycles. The van der Waals surface area contributed by atoms with Crippen molar-refractivity contribution in [3.63, 3.8) is 0 Å². The second-order valence-electron chi connectivity index (χ2n) is 7.12. The molecule has 1 N–H and O–H groups in total. The number of alkyl halides is 3. The van der Waals surface area contributed by atoms with Crippen molar-refractivity contribution in [2.24, 2.45) is 0 Å². The average Bonchev–Trinajstić information content (AvgIpc) is 2.81. The molecule has 0 atom stereocenters. The molecule has 1 aliphatic carbocycles. The molecule has 0 aliphatic heterocycles. The first-order valence-corrected chi connectivity index (χ1v) is 8.42. The van der Waals surface area contributed by atoms with Gasteiger partial charge in [0.05, 0.1) is 12.0 Å². The molecule has 0 aromatic carbocycles. The van der Waals surface area contributed by atoms with E-state index in [1.54, 1.807) is 18.4 Å². The highest BCUT2D eigenvalue weighted by atomic mass is 19.4. The summed E-state index contributed by atoms with van der Waals surface area (Å²) in [5, 5.41) is 2.71. The van der Waals surface area contributed by atoms with E-state index in [2.05, 4.69) is 15.3 Å². The average molecular weight is 370 g/mol. The Morgan fingerprint density at radius 2 is 2.00 bits per heavy atom. The summed E-state index contributed by atoms with van der Waals surface area (Å²) in [5.74, 6) is -0.0859. The minimum absolute atomic E-state index is 0.0123. The predicted octanol–water partition coefficient (Wildman–Crippen LogP) is 3.93. The van der Waals surface area contributed by atoms with E-state index in [0.29, 0.717) is 5.52 Å². The Kier molecular flexibility index (Phi) is 4.68. The number of ether oxygens (including phenoxy) is 1. The van der Waals surface area contributed by atoms with E-state index in [1.165, 1.54) is 13.2 Å². The number of anilines is 1. The number of carbonyl (C=O) groups excluding carboxylic acids is 1. The molecule has 26 heavy (non-hydrogen) atoms. The molecule has 0 spiro atoms. The molecule has 142 valence electrons. The minimum Gasteiger partial charge on any atom is -0.378 e. The van der Waals surface area contributed by atoms with Crippen molar-refractivity contribution < 1.29 is 22.7 Å². The van der Waals surface area contributed by atoms with Gasteiger partial charge in [0.2, 0.25) is 11.9 Å². The number of imidazole rings is 1. The molecule has 0 unspecified atom stereocenters. The van der Waals surface area contributed by atoms with E-state index < -0.39 is 17.5 Å². The zero-order valence-electron chi connectivity index (χ0n) is 14.9. The number of halogens is 3. The molecular weight excluding hydrogens is 349 g/mol. The lowest BCUT2D eigenvalue weighted by molar-refractivity contribution is -0.141. The van der Waals surface area contributed by atoms with Gasteiger partial charge < -0.3 is 4.74 Å². The fourth-order valence-electron chi connectivity index (χ4n) is 2.84.